The fourth-order valence-corrected chi connectivity index (χ4v) is 3.41. The predicted molar refractivity (Wildman–Crippen MR) is 56.3 cm³/mol. The molecule has 3 heterocycles. The maximum absolute atomic E-state index is 11.3. The van der Waals surface area contributed by atoms with Crippen LogP contribution in [0.4, 0.5) is 0 Å². The molecule has 0 aromatic heterocycles. The maximum Gasteiger partial charge on any atom is 0.338 e. The third-order valence-electron chi connectivity index (χ3n) is 4.31. The molecule has 5 atom stereocenters. The Balaban J connectivity index is 1.54. The molecule has 0 aromatic rings. The lowest BCUT2D eigenvalue weighted by Crippen LogP contribution is -2.39. The number of aliphatic hydroxyl groups excluding tert-OH is 1. The van der Waals surface area contributed by atoms with Gasteiger partial charge in [0, 0.05) is 12.8 Å². The molecule has 0 aromatic carbocycles. The number of carbonyl (C=O) groups excluding carboxylic acids is 1. The van der Waals surface area contributed by atoms with E-state index in [-0.39, 0.29) is 0 Å². The van der Waals surface area contributed by atoms with E-state index in [1.54, 1.807) is 0 Å². The molecule has 4 rings (SSSR count). The molecule has 3 saturated heterocycles. The van der Waals surface area contributed by atoms with Crippen molar-refractivity contribution in [2.75, 3.05) is 0 Å². The molecule has 1 N–H and O–H groups in total. The largest absolute Gasteiger partial charge is 0.454 e. The molecule has 0 bridgehead atoms. The van der Waals surface area contributed by atoms with E-state index in [1.165, 1.54) is 6.42 Å². The topological polar surface area (TPSA) is 74.2 Å². The Morgan fingerprint density at radius 1 is 1.06 bits per heavy atom. The van der Waals surface area contributed by atoms with Gasteiger partial charge in [-0.1, -0.05) is 6.42 Å². The summed E-state index contributed by atoms with van der Waals surface area (Å²) >= 11 is 0. The van der Waals surface area contributed by atoms with E-state index in [0.717, 1.165) is 25.7 Å². The molecule has 1 saturated carbocycles. The summed E-state index contributed by atoms with van der Waals surface area (Å²) in [7, 11) is 0. The number of rotatable bonds is 0. The van der Waals surface area contributed by atoms with Crippen LogP contribution >= 0.6 is 0 Å². The fourth-order valence-electron chi connectivity index (χ4n) is 3.41. The number of carbonyl (C=O) groups is 1. The van der Waals surface area contributed by atoms with Crippen LogP contribution in [0.2, 0.25) is 0 Å². The number of fused-ring (bicyclic) bond motifs is 3. The molecule has 1 spiro atoms. The zero-order valence-corrected chi connectivity index (χ0v) is 9.91. The molecule has 4 unspecified atom stereocenters. The highest BCUT2D eigenvalue weighted by molar-refractivity contribution is 5.78. The Hall–Kier alpha value is -0.690. The minimum absolute atomic E-state index is 0.394. The van der Waals surface area contributed by atoms with Crippen molar-refractivity contribution in [3.8, 4) is 0 Å². The number of ether oxygens (including phenoxy) is 4. The van der Waals surface area contributed by atoms with Crippen LogP contribution in [0.3, 0.4) is 0 Å². The molecule has 4 fully saturated rings. The van der Waals surface area contributed by atoms with Gasteiger partial charge in [-0.15, -0.1) is 0 Å². The molecule has 6 nitrogen and oxygen atoms in total. The van der Waals surface area contributed by atoms with Gasteiger partial charge >= 0.3 is 5.97 Å². The molecule has 0 radical (unpaired) electrons. The highest BCUT2D eigenvalue weighted by Crippen LogP contribution is 2.47. The Labute approximate surface area is 104 Å². The van der Waals surface area contributed by atoms with Gasteiger partial charge in [0.25, 0.3) is 0 Å². The number of hydrogen-bond donors (Lipinski definition) is 1. The van der Waals surface area contributed by atoms with Crippen molar-refractivity contribution in [2.24, 2.45) is 0 Å². The molecule has 18 heavy (non-hydrogen) atoms. The number of esters is 1. The summed E-state index contributed by atoms with van der Waals surface area (Å²) < 4.78 is 22.6. The highest BCUT2D eigenvalue weighted by atomic mass is 16.8. The quantitative estimate of drug-likeness (QED) is 0.618. The average Bonchev–Trinajstić information content (AvgIpc) is 2.93. The van der Waals surface area contributed by atoms with Crippen LogP contribution in [0.1, 0.15) is 32.1 Å². The van der Waals surface area contributed by atoms with Crippen molar-refractivity contribution in [3.05, 3.63) is 0 Å². The Kier molecular flexibility index (Phi) is 2.27. The van der Waals surface area contributed by atoms with Gasteiger partial charge in [0.1, 0.15) is 6.10 Å². The normalized spacial score (nSPS) is 49.2. The van der Waals surface area contributed by atoms with Crippen LogP contribution in [0.15, 0.2) is 0 Å². The Morgan fingerprint density at radius 3 is 2.61 bits per heavy atom. The molecule has 6 heteroatoms. The van der Waals surface area contributed by atoms with Crippen molar-refractivity contribution >= 4 is 5.97 Å². The van der Waals surface area contributed by atoms with Crippen molar-refractivity contribution in [3.63, 3.8) is 0 Å². The van der Waals surface area contributed by atoms with Crippen LogP contribution < -0.4 is 0 Å². The van der Waals surface area contributed by atoms with Crippen LogP contribution in [0.25, 0.3) is 0 Å². The van der Waals surface area contributed by atoms with Gasteiger partial charge < -0.3 is 24.1 Å². The summed E-state index contributed by atoms with van der Waals surface area (Å²) in [6, 6.07) is 0. The Bertz CT molecular complexity index is 377. The zero-order chi connectivity index (χ0) is 12.3. The number of hydrogen-bond acceptors (Lipinski definition) is 6. The highest BCUT2D eigenvalue weighted by Gasteiger charge is 2.64. The van der Waals surface area contributed by atoms with Gasteiger partial charge in [-0.3, -0.25) is 0 Å². The lowest BCUT2D eigenvalue weighted by Gasteiger charge is -2.33. The fraction of sp³-hybridized carbons (Fsp3) is 0.917. The van der Waals surface area contributed by atoms with E-state index in [9.17, 15) is 9.90 Å². The Morgan fingerprint density at radius 2 is 1.83 bits per heavy atom. The van der Waals surface area contributed by atoms with Crippen LogP contribution in [0.5, 0.6) is 0 Å². The minimum Gasteiger partial charge on any atom is -0.454 e. The van der Waals surface area contributed by atoms with Gasteiger partial charge in [-0.25, -0.2) is 4.79 Å². The third kappa shape index (κ3) is 1.40. The monoisotopic (exact) mass is 256 g/mol. The lowest BCUT2D eigenvalue weighted by molar-refractivity contribution is -0.245. The van der Waals surface area contributed by atoms with Crippen molar-refractivity contribution in [1.29, 1.82) is 0 Å². The first-order valence-corrected chi connectivity index (χ1v) is 6.58. The summed E-state index contributed by atoms with van der Waals surface area (Å²) in [6.07, 6.45) is 1.78. The van der Waals surface area contributed by atoms with Gasteiger partial charge in [0.15, 0.2) is 30.4 Å². The summed E-state index contributed by atoms with van der Waals surface area (Å²) in [5.41, 5.74) is 0. The second-order valence-corrected chi connectivity index (χ2v) is 5.49. The first-order chi connectivity index (χ1) is 8.69. The van der Waals surface area contributed by atoms with Crippen LogP contribution in [-0.2, 0) is 23.7 Å². The van der Waals surface area contributed by atoms with E-state index in [0.29, 0.717) is 0 Å². The first kappa shape index (κ1) is 11.2. The average molecular weight is 256 g/mol. The smallest absolute Gasteiger partial charge is 0.338 e. The molecule has 3 aliphatic heterocycles. The summed E-state index contributed by atoms with van der Waals surface area (Å²) in [4.78, 5) is 11.3. The first-order valence-electron chi connectivity index (χ1n) is 6.58. The summed E-state index contributed by atoms with van der Waals surface area (Å²) in [6.45, 7) is 0. The van der Waals surface area contributed by atoms with E-state index < -0.39 is 42.5 Å². The van der Waals surface area contributed by atoms with Gasteiger partial charge in [0.05, 0.1) is 0 Å². The molecular formula is C12H16O6. The predicted octanol–water partition coefficient (Wildman–Crippen LogP) is 0.0734. The van der Waals surface area contributed by atoms with Crippen LogP contribution in [-0.4, -0.2) is 47.6 Å². The molecule has 100 valence electrons. The van der Waals surface area contributed by atoms with Gasteiger partial charge in [-0.2, -0.15) is 0 Å². The molecule has 0 amide bonds. The second-order valence-electron chi connectivity index (χ2n) is 5.49. The lowest BCUT2D eigenvalue weighted by atomic mass is 9.94. The zero-order valence-electron chi connectivity index (χ0n) is 9.91. The van der Waals surface area contributed by atoms with E-state index in [4.69, 9.17) is 18.9 Å². The third-order valence-corrected chi connectivity index (χ3v) is 4.31. The summed E-state index contributed by atoms with van der Waals surface area (Å²) in [5, 5.41) is 9.61. The van der Waals surface area contributed by atoms with E-state index in [2.05, 4.69) is 0 Å². The van der Waals surface area contributed by atoms with Crippen LogP contribution in [0, 0.1) is 0 Å². The molecular weight excluding hydrogens is 240 g/mol. The van der Waals surface area contributed by atoms with Gasteiger partial charge in [-0.05, 0) is 12.8 Å². The standard InChI is InChI=1S/C12H16O6/c13-6-7-8(15-10(6)14)9-11(16-7)18-12(17-9)4-2-1-3-5-12/h6-9,11,13H,1-5H2/t6?,7?,8?,9?,11-/m0/s1. The van der Waals surface area contributed by atoms with E-state index >= 15 is 0 Å². The molecule has 1 aliphatic carbocycles. The van der Waals surface area contributed by atoms with Crippen molar-refractivity contribution < 1.29 is 28.8 Å². The maximum atomic E-state index is 11.3. The molecule has 4 aliphatic rings. The number of aliphatic hydroxyl groups is 1. The van der Waals surface area contributed by atoms with Gasteiger partial charge in [0.2, 0.25) is 0 Å². The van der Waals surface area contributed by atoms with Crippen molar-refractivity contribution in [1.82, 2.24) is 0 Å². The van der Waals surface area contributed by atoms with E-state index in [1.807, 2.05) is 0 Å². The minimum atomic E-state index is -1.21. The van der Waals surface area contributed by atoms with Crippen molar-refractivity contribution in [2.45, 2.75) is 68.6 Å². The SMILES string of the molecule is O=C1OC2C(O[C@H]3OC4(CCCCC4)OC23)C1O. The summed E-state index contributed by atoms with van der Waals surface area (Å²) in [5.74, 6) is -1.19. The second kappa shape index (κ2) is 3.66.